The summed E-state index contributed by atoms with van der Waals surface area (Å²) >= 11 is 7.54. The molecule has 2 N–H and O–H groups in total. The van der Waals surface area contributed by atoms with Crippen molar-refractivity contribution in [2.75, 3.05) is 12.4 Å². The van der Waals surface area contributed by atoms with Crippen molar-refractivity contribution in [3.8, 4) is 0 Å². The van der Waals surface area contributed by atoms with Gasteiger partial charge in [-0.2, -0.15) is 0 Å². The fourth-order valence-corrected chi connectivity index (χ4v) is 2.71. The molecule has 0 saturated heterocycles. The van der Waals surface area contributed by atoms with Crippen molar-refractivity contribution < 1.29 is 9.90 Å². The third kappa shape index (κ3) is 7.17. The maximum absolute atomic E-state index is 11.8. The highest BCUT2D eigenvalue weighted by Gasteiger charge is 2.18. The van der Waals surface area contributed by atoms with E-state index < -0.39 is 0 Å². The van der Waals surface area contributed by atoms with Gasteiger partial charge in [-0.25, -0.2) is 0 Å². The maximum atomic E-state index is 11.8. The summed E-state index contributed by atoms with van der Waals surface area (Å²) in [7, 11) is 0. The number of amides is 1. The third-order valence-electron chi connectivity index (χ3n) is 2.85. The van der Waals surface area contributed by atoms with E-state index in [1.165, 1.54) is 0 Å². The SMILES string of the molecule is CC(C)(CCO)NC(=O)CCCSc1ccc(Cl)cc1. The lowest BCUT2D eigenvalue weighted by Gasteiger charge is -2.25. The van der Waals surface area contributed by atoms with Crippen LogP contribution in [0, 0.1) is 0 Å². The summed E-state index contributed by atoms with van der Waals surface area (Å²) in [5.74, 6) is 0.940. The molecule has 0 saturated carbocycles. The number of rotatable bonds is 8. The number of hydrogen-bond donors (Lipinski definition) is 2. The van der Waals surface area contributed by atoms with E-state index in [1.54, 1.807) is 11.8 Å². The Hall–Kier alpha value is -0.710. The Morgan fingerprint density at radius 1 is 1.35 bits per heavy atom. The number of halogens is 1. The molecule has 0 bridgehead atoms. The van der Waals surface area contributed by atoms with Crippen LogP contribution in [0.2, 0.25) is 5.02 Å². The van der Waals surface area contributed by atoms with Crippen LogP contribution in [-0.2, 0) is 4.79 Å². The van der Waals surface area contributed by atoms with Gasteiger partial charge in [0.05, 0.1) is 0 Å². The van der Waals surface area contributed by atoms with Gasteiger partial charge in [0.1, 0.15) is 0 Å². The van der Waals surface area contributed by atoms with Gasteiger partial charge in [-0.3, -0.25) is 4.79 Å². The molecule has 0 fully saturated rings. The average molecular weight is 316 g/mol. The van der Waals surface area contributed by atoms with Gasteiger partial charge in [-0.05, 0) is 56.7 Å². The van der Waals surface area contributed by atoms with Gasteiger partial charge >= 0.3 is 0 Å². The smallest absolute Gasteiger partial charge is 0.220 e. The standard InChI is InChI=1S/C15H22ClNO2S/c1-15(2,9-10-18)17-14(19)4-3-11-20-13-7-5-12(16)6-8-13/h5-8,18H,3-4,9-11H2,1-2H3,(H,17,19). The quantitative estimate of drug-likeness (QED) is 0.570. The molecule has 0 aliphatic carbocycles. The Bertz CT molecular complexity index is 420. The minimum Gasteiger partial charge on any atom is -0.396 e. The van der Waals surface area contributed by atoms with Crippen LogP contribution in [0.5, 0.6) is 0 Å². The summed E-state index contributed by atoms with van der Waals surface area (Å²) in [5, 5.41) is 12.6. The number of hydrogen-bond acceptors (Lipinski definition) is 3. The highest BCUT2D eigenvalue weighted by molar-refractivity contribution is 7.99. The first-order valence-electron chi connectivity index (χ1n) is 6.73. The van der Waals surface area contributed by atoms with Crippen LogP contribution < -0.4 is 5.32 Å². The van der Waals surface area contributed by atoms with Gasteiger partial charge < -0.3 is 10.4 Å². The Balaban J connectivity index is 2.20. The van der Waals surface area contributed by atoms with Crippen molar-refractivity contribution in [3.63, 3.8) is 0 Å². The third-order valence-corrected chi connectivity index (χ3v) is 4.20. The minimum atomic E-state index is -0.338. The van der Waals surface area contributed by atoms with E-state index in [9.17, 15) is 4.79 Å². The number of benzene rings is 1. The molecule has 3 nitrogen and oxygen atoms in total. The molecule has 20 heavy (non-hydrogen) atoms. The topological polar surface area (TPSA) is 49.3 Å². The normalized spacial score (nSPS) is 11.4. The van der Waals surface area contributed by atoms with Crippen LogP contribution in [0.25, 0.3) is 0 Å². The van der Waals surface area contributed by atoms with Crippen molar-refractivity contribution in [2.24, 2.45) is 0 Å². The average Bonchev–Trinajstić information content (AvgIpc) is 2.36. The first-order valence-corrected chi connectivity index (χ1v) is 8.09. The lowest BCUT2D eigenvalue weighted by atomic mass is 10.0. The molecule has 0 heterocycles. The van der Waals surface area contributed by atoms with E-state index in [2.05, 4.69) is 5.32 Å². The van der Waals surface area contributed by atoms with Crippen LogP contribution >= 0.6 is 23.4 Å². The predicted molar refractivity (Wildman–Crippen MR) is 85.3 cm³/mol. The van der Waals surface area contributed by atoms with Crippen LogP contribution in [0.4, 0.5) is 0 Å². The van der Waals surface area contributed by atoms with Crippen molar-refractivity contribution in [1.82, 2.24) is 5.32 Å². The number of carbonyl (C=O) groups is 1. The first kappa shape index (κ1) is 17.3. The predicted octanol–water partition coefficient (Wildman–Crippen LogP) is 3.49. The molecule has 0 aromatic heterocycles. The van der Waals surface area contributed by atoms with E-state index in [4.69, 9.17) is 16.7 Å². The van der Waals surface area contributed by atoms with Crippen LogP contribution in [0.15, 0.2) is 29.2 Å². The van der Waals surface area contributed by atoms with E-state index >= 15 is 0 Å². The van der Waals surface area contributed by atoms with E-state index in [-0.39, 0.29) is 18.1 Å². The number of nitrogens with one attached hydrogen (secondary N) is 1. The molecule has 5 heteroatoms. The molecule has 0 aliphatic rings. The fraction of sp³-hybridized carbons (Fsp3) is 0.533. The summed E-state index contributed by atoms with van der Waals surface area (Å²) in [4.78, 5) is 12.9. The summed E-state index contributed by atoms with van der Waals surface area (Å²) in [6.45, 7) is 3.92. The van der Waals surface area contributed by atoms with Gasteiger partial charge in [-0.1, -0.05) is 11.6 Å². The molecule has 0 unspecified atom stereocenters. The Kier molecular flexibility index (Phi) is 7.41. The molecule has 0 atom stereocenters. The highest BCUT2D eigenvalue weighted by Crippen LogP contribution is 2.21. The number of aliphatic hydroxyl groups is 1. The zero-order chi connectivity index (χ0) is 15.0. The summed E-state index contributed by atoms with van der Waals surface area (Å²) in [5.41, 5.74) is -0.338. The van der Waals surface area contributed by atoms with E-state index in [0.717, 1.165) is 22.1 Å². The first-order chi connectivity index (χ1) is 9.43. The second-order valence-corrected chi connectivity index (χ2v) is 6.92. The molecule has 1 aromatic carbocycles. The zero-order valence-electron chi connectivity index (χ0n) is 12.0. The lowest BCUT2D eigenvalue weighted by molar-refractivity contribution is -0.122. The Morgan fingerprint density at radius 2 is 2.00 bits per heavy atom. The van der Waals surface area contributed by atoms with Crippen molar-refractivity contribution >= 4 is 29.3 Å². The van der Waals surface area contributed by atoms with Gasteiger partial charge in [0.25, 0.3) is 0 Å². The van der Waals surface area contributed by atoms with Crippen LogP contribution in [0.1, 0.15) is 33.1 Å². The number of thioether (sulfide) groups is 1. The lowest BCUT2D eigenvalue weighted by Crippen LogP contribution is -2.43. The second-order valence-electron chi connectivity index (χ2n) is 5.31. The Morgan fingerprint density at radius 3 is 2.60 bits per heavy atom. The number of aliphatic hydroxyl groups excluding tert-OH is 1. The monoisotopic (exact) mass is 315 g/mol. The molecular weight excluding hydrogens is 294 g/mol. The molecule has 0 radical (unpaired) electrons. The molecule has 1 rings (SSSR count). The van der Waals surface area contributed by atoms with Gasteiger partial charge in [0, 0.05) is 28.5 Å². The minimum absolute atomic E-state index is 0.0418. The Labute approximate surface area is 130 Å². The largest absolute Gasteiger partial charge is 0.396 e. The summed E-state index contributed by atoms with van der Waals surface area (Å²) in [6.07, 6.45) is 1.90. The molecule has 112 valence electrons. The van der Waals surface area contributed by atoms with Gasteiger partial charge in [-0.15, -0.1) is 11.8 Å². The summed E-state index contributed by atoms with van der Waals surface area (Å²) in [6, 6.07) is 7.71. The fourth-order valence-electron chi connectivity index (χ4n) is 1.74. The van der Waals surface area contributed by atoms with E-state index in [0.29, 0.717) is 12.8 Å². The van der Waals surface area contributed by atoms with Crippen molar-refractivity contribution in [3.05, 3.63) is 29.3 Å². The molecular formula is C15H22ClNO2S. The molecule has 1 aromatic rings. The molecule has 0 aliphatic heterocycles. The molecule has 0 spiro atoms. The highest BCUT2D eigenvalue weighted by atomic mass is 35.5. The zero-order valence-corrected chi connectivity index (χ0v) is 13.6. The van der Waals surface area contributed by atoms with E-state index in [1.807, 2.05) is 38.1 Å². The van der Waals surface area contributed by atoms with Crippen molar-refractivity contribution in [2.45, 2.75) is 43.5 Å². The summed E-state index contributed by atoms with van der Waals surface area (Å²) < 4.78 is 0. The van der Waals surface area contributed by atoms with Crippen LogP contribution in [-0.4, -0.2) is 28.9 Å². The van der Waals surface area contributed by atoms with Gasteiger partial charge in [0.15, 0.2) is 0 Å². The second kappa shape index (κ2) is 8.55. The van der Waals surface area contributed by atoms with Crippen LogP contribution in [0.3, 0.4) is 0 Å². The number of carbonyl (C=O) groups excluding carboxylic acids is 1. The van der Waals surface area contributed by atoms with Crippen molar-refractivity contribution in [1.29, 1.82) is 0 Å². The molecule has 1 amide bonds. The van der Waals surface area contributed by atoms with Gasteiger partial charge in [0.2, 0.25) is 5.91 Å². The maximum Gasteiger partial charge on any atom is 0.220 e.